The number of benzene rings is 1. The van der Waals surface area contributed by atoms with E-state index in [1.165, 1.54) is 11.8 Å². The van der Waals surface area contributed by atoms with E-state index in [1.54, 1.807) is 7.11 Å². The number of aromatic nitrogens is 2. The minimum Gasteiger partial charge on any atom is -0.497 e. The van der Waals surface area contributed by atoms with Gasteiger partial charge in [0, 0.05) is 12.2 Å². The molecule has 0 amide bonds. The van der Waals surface area contributed by atoms with Crippen molar-refractivity contribution in [3.05, 3.63) is 45.7 Å². The molecule has 0 bridgehead atoms. The third-order valence-electron chi connectivity index (χ3n) is 3.45. The van der Waals surface area contributed by atoms with E-state index in [0.717, 1.165) is 23.5 Å². The van der Waals surface area contributed by atoms with Crippen LogP contribution in [0.15, 0.2) is 34.2 Å². The molecule has 2 aromatic rings. The molecule has 0 saturated carbocycles. The van der Waals surface area contributed by atoms with Crippen LogP contribution in [0, 0.1) is 5.92 Å². The number of hydrogen-bond donors (Lipinski definition) is 2. The monoisotopic (exact) mass is 334 g/mol. The predicted molar refractivity (Wildman–Crippen MR) is 92.5 cm³/mol. The van der Waals surface area contributed by atoms with Gasteiger partial charge in [-0.2, -0.15) is 4.98 Å². The van der Waals surface area contributed by atoms with Gasteiger partial charge in [-0.1, -0.05) is 37.7 Å². The van der Waals surface area contributed by atoms with E-state index in [2.05, 4.69) is 23.8 Å². The summed E-state index contributed by atoms with van der Waals surface area (Å²) < 4.78 is 5.10. The summed E-state index contributed by atoms with van der Waals surface area (Å²) in [7, 11) is 1.60. The second-order valence-electron chi connectivity index (χ2n) is 5.73. The van der Waals surface area contributed by atoms with Crippen LogP contribution in [0.2, 0.25) is 0 Å². The second kappa shape index (κ2) is 8.06. The zero-order chi connectivity index (χ0) is 16.8. The summed E-state index contributed by atoms with van der Waals surface area (Å²) in [6.45, 7) is 4.29. The molecule has 0 fully saturated rings. The topological polar surface area (TPSA) is 75.2 Å². The molecule has 0 radical (unpaired) electrons. The zero-order valence-electron chi connectivity index (χ0n) is 13.6. The molecule has 0 aliphatic heterocycles. The molecule has 2 rings (SSSR count). The SMILES string of the molecule is COc1ccc(Cc2c(O)nc(SCCC(C)C)[nH]c2=O)cc1. The molecule has 0 unspecified atom stereocenters. The first kappa shape index (κ1) is 17.4. The number of rotatable bonds is 7. The van der Waals surface area contributed by atoms with E-state index in [1.807, 2.05) is 24.3 Å². The fourth-order valence-corrected chi connectivity index (χ4v) is 3.13. The fraction of sp³-hybridized carbons (Fsp3) is 0.412. The number of methoxy groups -OCH3 is 1. The molecule has 23 heavy (non-hydrogen) atoms. The number of hydrogen-bond acceptors (Lipinski definition) is 5. The Labute approximate surface area is 140 Å². The van der Waals surface area contributed by atoms with Crippen LogP contribution in [0.3, 0.4) is 0 Å². The van der Waals surface area contributed by atoms with Crippen LogP contribution in [0.1, 0.15) is 31.4 Å². The lowest BCUT2D eigenvalue weighted by molar-refractivity contribution is 0.414. The Kier molecular flexibility index (Phi) is 6.10. The van der Waals surface area contributed by atoms with Crippen LogP contribution in [0.4, 0.5) is 0 Å². The van der Waals surface area contributed by atoms with Crippen molar-refractivity contribution >= 4 is 11.8 Å². The maximum atomic E-state index is 12.2. The smallest absolute Gasteiger partial charge is 0.258 e. The van der Waals surface area contributed by atoms with Crippen molar-refractivity contribution in [2.45, 2.75) is 31.8 Å². The maximum Gasteiger partial charge on any atom is 0.258 e. The summed E-state index contributed by atoms with van der Waals surface area (Å²) in [4.78, 5) is 19.0. The van der Waals surface area contributed by atoms with Crippen LogP contribution >= 0.6 is 11.8 Å². The van der Waals surface area contributed by atoms with Crippen molar-refractivity contribution < 1.29 is 9.84 Å². The van der Waals surface area contributed by atoms with Crippen molar-refractivity contribution in [2.24, 2.45) is 5.92 Å². The Bertz CT molecular complexity index is 696. The van der Waals surface area contributed by atoms with E-state index >= 15 is 0 Å². The van der Waals surface area contributed by atoms with Crippen LogP contribution in [-0.2, 0) is 6.42 Å². The normalized spacial score (nSPS) is 11.0. The van der Waals surface area contributed by atoms with E-state index in [-0.39, 0.29) is 17.0 Å². The molecule has 1 aromatic heterocycles. The minimum atomic E-state index is -0.291. The molecule has 2 N–H and O–H groups in total. The number of H-pyrrole nitrogens is 1. The Morgan fingerprint density at radius 3 is 2.57 bits per heavy atom. The summed E-state index contributed by atoms with van der Waals surface area (Å²) in [5.74, 6) is 2.01. The summed E-state index contributed by atoms with van der Waals surface area (Å²) in [6, 6.07) is 7.38. The van der Waals surface area contributed by atoms with E-state index in [4.69, 9.17) is 4.74 Å². The number of ether oxygens (including phenoxy) is 1. The first-order valence-corrected chi connectivity index (χ1v) is 8.56. The highest BCUT2D eigenvalue weighted by molar-refractivity contribution is 7.99. The standard InChI is InChI=1S/C17H22N2O3S/c1-11(2)8-9-23-17-18-15(20)14(16(21)19-17)10-12-4-6-13(22-3)7-5-12/h4-7,11H,8-10H2,1-3H3,(H2,18,19,20,21). The van der Waals surface area contributed by atoms with E-state index < -0.39 is 0 Å². The number of nitrogens with zero attached hydrogens (tertiary/aromatic N) is 1. The second-order valence-corrected chi connectivity index (χ2v) is 6.81. The Morgan fingerprint density at radius 2 is 2.00 bits per heavy atom. The molecule has 0 aliphatic rings. The van der Waals surface area contributed by atoms with Crippen molar-refractivity contribution in [1.82, 2.24) is 9.97 Å². The van der Waals surface area contributed by atoms with Crippen LogP contribution in [0.5, 0.6) is 11.6 Å². The molecule has 5 nitrogen and oxygen atoms in total. The number of thioether (sulfide) groups is 1. The van der Waals surface area contributed by atoms with Gasteiger partial charge in [0.25, 0.3) is 5.56 Å². The summed E-state index contributed by atoms with van der Waals surface area (Å²) >= 11 is 1.45. The van der Waals surface area contributed by atoms with Crippen molar-refractivity contribution in [3.8, 4) is 11.6 Å². The van der Waals surface area contributed by atoms with E-state index in [9.17, 15) is 9.90 Å². The largest absolute Gasteiger partial charge is 0.497 e. The molecule has 1 aromatic carbocycles. The molecule has 0 aliphatic carbocycles. The van der Waals surface area contributed by atoms with Crippen LogP contribution in [0.25, 0.3) is 0 Å². The highest BCUT2D eigenvalue weighted by Gasteiger charge is 2.12. The van der Waals surface area contributed by atoms with Gasteiger partial charge in [0.05, 0.1) is 12.7 Å². The zero-order valence-corrected chi connectivity index (χ0v) is 14.4. The highest BCUT2D eigenvalue weighted by Crippen LogP contribution is 2.21. The predicted octanol–water partition coefficient (Wildman–Crippen LogP) is 3.21. The Balaban J connectivity index is 2.11. The lowest BCUT2D eigenvalue weighted by atomic mass is 10.1. The van der Waals surface area contributed by atoms with Crippen LogP contribution < -0.4 is 10.3 Å². The van der Waals surface area contributed by atoms with Crippen LogP contribution in [-0.4, -0.2) is 27.9 Å². The molecule has 0 atom stereocenters. The summed E-state index contributed by atoms with van der Waals surface area (Å²) in [5.41, 5.74) is 0.900. The Hall–Kier alpha value is -1.95. The molecular formula is C17H22N2O3S. The minimum absolute atomic E-state index is 0.198. The highest BCUT2D eigenvalue weighted by atomic mass is 32.2. The molecule has 1 heterocycles. The van der Waals surface area contributed by atoms with Gasteiger partial charge in [-0.05, 0) is 30.0 Å². The first-order valence-electron chi connectivity index (χ1n) is 7.57. The average molecular weight is 334 g/mol. The lowest BCUT2D eigenvalue weighted by Gasteiger charge is -2.07. The summed E-state index contributed by atoms with van der Waals surface area (Å²) in [6.07, 6.45) is 1.36. The first-order chi connectivity index (χ1) is 11.0. The van der Waals surface area contributed by atoms with Gasteiger partial charge in [0.2, 0.25) is 5.88 Å². The number of nitrogens with one attached hydrogen (secondary N) is 1. The fourth-order valence-electron chi connectivity index (χ4n) is 2.03. The molecule has 0 spiro atoms. The van der Waals surface area contributed by atoms with Gasteiger partial charge in [-0.15, -0.1) is 0 Å². The quantitative estimate of drug-likeness (QED) is 0.601. The van der Waals surface area contributed by atoms with Gasteiger partial charge in [0.15, 0.2) is 5.16 Å². The third kappa shape index (κ3) is 5.03. The average Bonchev–Trinajstić information content (AvgIpc) is 2.51. The van der Waals surface area contributed by atoms with Crippen molar-refractivity contribution in [1.29, 1.82) is 0 Å². The van der Waals surface area contributed by atoms with Crippen molar-refractivity contribution in [2.75, 3.05) is 12.9 Å². The van der Waals surface area contributed by atoms with Gasteiger partial charge in [-0.25, -0.2) is 0 Å². The molecule has 6 heteroatoms. The molecule has 124 valence electrons. The van der Waals surface area contributed by atoms with Gasteiger partial charge in [-0.3, -0.25) is 4.79 Å². The molecule has 0 saturated heterocycles. The summed E-state index contributed by atoms with van der Waals surface area (Å²) in [5, 5.41) is 10.5. The van der Waals surface area contributed by atoms with Gasteiger partial charge < -0.3 is 14.8 Å². The third-order valence-corrected chi connectivity index (χ3v) is 4.35. The van der Waals surface area contributed by atoms with Gasteiger partial charge >= 0.3 is 0 Å². The number of aromatic hydroxyl groups is 1. The maximum absolute atomic E-state index is 12.2. The Morgan fingerprint density at radius 1 is 1.30 bits per heavy atom. The van der Waals surface area contributed by atoms with Gasteiger partial charge in [0.1, 0.15) is 5.75 Å². The molecular weight excluding hydrogens is 312 g/mol. The lowest BCUT2D eigenvalue weighted by Crippen LogP contribution is -2.15. The number of aromatic amines is 1. The van der Waals surface area contributed by atoms with Crippen molar-refractivity contribution in [3.63, 3.8) is 0 Å². The van der Waals surface area contributed by atoms with E-state index in [0.29, 0.717) is 17.5 Å².